The van der Waals surface area contributed by atoms with Gasteiger partial charge < -0.3 is 14.2 Å². The first-order valence-electron chi connectivity index (χ1n) is 10.7. The van der Waals surface area contributed by atoms with Crippen LogP contribution in [0.1, 0.15) is 70.1 Å². The van der Waals surface area contributed by atoms with E-state index in [-0.39, 0.29) is 0 Å². The van der Waals surface area contributed by atoms with Crippen molar-refractivity contribution < 1.29 is 9.53 Å². The molecule has 1 aromatic carbocycles. The topological polar surface area (TPSA) is 34.5 Å². The molecule has 0 aliphatic carbocycles. The molecule has 0 radical (unpaired) electrons. The van der Waals surface area contributed by atoms with Gasteiger partial charge in [-0.3, -0.25) is 4.79 Å². The molecule has 2 aromatic rings. The van der Waals surface area contributed by atoms with Gasteiger partial charge in [0.05, 0.1) is 13.7 Å². The van der Waals surface area contributed by atoms with E-state index in [1.54, 1.807) is 7.11 Å². The van der Waals surface area contributed by atoms with E-state index in [1.165, 1.54) is 24.1 Å². The molecule has 0 unspecified atom stereocenters. The number of carbonyl (C=O) groups excluding carboxylic acids is 1. The first kappa shape index (κ1) is 22.1. The van der Waals surface area contributed by atoms with Crippen molar-refractivity contribution in [1.29, 1.82) is 0 Å². The maximum absolute atomic E-state index is 12.8. The van der Waals surface area contributed by atoms with Crippen molar-refractivity contribution in [3.05, 3.63) is 53.9 Å². The second kappa shape index (κ2) is 12.3. The standard InChI is InChI=1S/C24H36N2O2/c1-4-6-8-9-15-24(27)26(16-7-5-2)20-22-13-11-17-25(22)19-21-12-10-14-23(18-21)28-3/h10-14,17-18H,4-9,15-16,19-20H2,1-3H3. The summed E-state index contributed by atoms with van der Waals surface area (Å²) in [6.07, 6.45) is 9.48. The quantitative estimate of drug-likeness (QED) is 0.419. The highest BCUT2D eigenvalue weighted by Gasteiger charge is 2.15. The molecule has 0 bridgehead atoms. The van der Waals surface area contributed by atoms with E-state index in [2.05, 4.69) is 48.9 Å². The summed E-state index contributed by atoms with van der Waals surface area (Å²) in [5.41, 5.74) is 2.38. The van der Waals surface area contributed by atoms with E-state index < -0.39 is 0 Å². The fourth-order valence-electron chi connectivity index (χ4n) is 3.41. The minimum Gasteiger partial charge on any atom is -0.497 e. The highest BCUT2D eigenvalue weighted by Crippen LogP contribution is 2.17. The molecule has 4 heteroatoms. The number of hydrogen-bond acceptors (Lipinski definition) is 2. The molecular weight excluding hydrogens is 348 g/mol. The molecule has 1 heterocycles. The molecule has 0 N–H and O–H groups in total. The summed E-state index contributed by atoms with van der Waals surface area (Å²) in [6, 6.07) is 12.4. The van der Waals surface area contributed by atoms with Crippen LogP contribution in [-0.2, 0) is 17.9 Å². The number of hydrogen-bond donors (Lipinski definition) is 0. The lowest BCUT2D eigenvalue weighted by Crippen LogP contribution is -2.32. The Morgan fingerprint density at radius 1 is 1.04 bits per heavy atom. The van der Waals surface area contributed by atoms with E-state index >= 15 is 0 Å². The van der Waals surface area contributed by atoms with Gasteiger partial charge in [0, 0.05) is 31.4 Å². The van der Waals surface area contributed by atoms with Gasteiger partial charge in [-0.15, -0.1) is 0 Å². The molecule has 2 rings (SSSR count). The predicted octanol–water partition coefficient (Wildman–Crippen LogP) is 5.64. The third kappa shape index (κ3) is 7.06. The number of ether oxygens (including phenoxy) is 1. The van der Waals surface area contributed by atoms with Crippen LogP contribution < -0.4 is 4.74 Å². The third-order valence-corrected chi connectivity index (χ3v) is 5.14. The average Bonchev–Trinajstić information content (AvgIpc) is 3.15. The van der Waals surface area contributed by atoms with Crippen molar-refractivity contribution in [1.82, 2.24) is 9.47 Å². The molecule has 1 amide bonds. The molecular formula is C24H36N2O2. The molecule has 4 nitrogen and oxygen atoms in total. The SMILES string of the molecule is CCCCCCC(=O)N(CCCC)Cc1cccn1Cc1cccc(OC)c1. The van der Waals surface area contributed by atoms with Crippen molar-refractivity contribution in [3.63, 3.8) is 0 Å². The maximum Gasteiger partial charge on any atom is 0.222 e. The number of methoxy groups -OCH3 is 1. The number of amides is 1. The fourth-order valence-corrected chi connectivity index (χ4v) is 3.41. The molecule has 1 aromatic heterocycles. The summed E-state index contributed by atoms with van der Waals surface area (Å²) in [5, 5.41) is 0. The molecule has 154 valence electrons. The van der Waals surface area contributed by atoms with Gasteiger partial charge in [0.15, 0.2) is 0 Å². The summed E-state index contributed by atoms with van der Waals surface area (Å²) in [7, 11) is 1.69. The van der Waals surface area contributed by atoms with E-state index in [1.807, 2.05) is 17.0 Å². The Balaban J connectivity index is 2.03. The number of benzene rings is 1. The smallest absolute Gasteiger partial charge is 0.222 e. The van der Waals surface area contributed by atoms with Gasteiger partial charge in [-0.05, 0) is 42.7 Å². The molecule has 0 aliphatic heterocycles. The fraction of sp³-hybridized carbons (Fsp3) is 0.542. The molecule has 28 heavy (non-hydrogen) atoms. The summed E-state index contributed by atoms with van der Waals surface area (Å²) in [6.45, 7) is 6.68. The Bertz CT molecular complexity index is 708. The van der Waals surface area contributed by atoms with Crippen molar-refractivity contribution in [3.8, 4) is 5.75 Å². The highest BCUT2D eigenvalue weighted by atomic mass is 16.5. The minimum atomic E-state index is 0.290. The van der Waals surface area contributed by atoms with Crippen LogP contribution in [0.2, 0.25) is 0 Å². The van der Waals surface area contributed by atoms with Gasteiger partial charge >= 0.3 is 0 Å². The van der Waals surface area contributed by atoms with Gasteiger partial charge in [-0.2, -0.15) is 0 Å². The lowest BCUT2D eigenvalue weighted by Gasteiger charge is -2.24. The highest BCUT2D eigenvalue weighted by molar-refractivity contribution is 5.76. The Kier molecular flexibility index (Phi) is 9.67. The average molecular weight is 385 g/mol. The zero-order valence-electron chi connectivity index (χ0n) is 17.8. The second-order valence-electron chi connectivity index (χ2n) is 7.46. The minimum absolute atomic E-state index is 0.290. The third-order valence-electron chi connectivity index (χ3n) is 5.14. The zero-order chi connectivity index (χ0) is 20.2. The largest absolute Gasteiger partial charge is 0.497 e. The van der Waals surface area contributed by atoms with Gasteiger partial charge in [0.2, 0.25) is 5.91 Å². The van der Waals surface area contributed by atoms with Gasteiger partial charge in [0.1, 0.15) is 5.75 Å². The Morgan fingerprint density at radius 3 is 2.61 bits per heavy atom. The van der Waals surface area contributed by atoms with Crippen LogP contribution in [0.15, 0.2) is 42.6 Å². The normalized spacial score (nSPS) is 10.8. The van der Waals surface area contributed by atoms with E-state index in [4.69, 9.17) is 4.74 Å². The van der Waals surface area contributed by atoms with Crippen molar-refractivity contribution in [2.24, 2.45) is 0 Å². The Labute approximate surface area is 170 Å². The summed E-state index contributed by atoms with van der Waals surface area (Å²) >= 11 is 0. The zero-order valence-corrected chi connectivity index (χ0v) is 17.8. The van der Waals surface area contributed by atoms with Gasteiger partial charge in [0.25, 0.3) is 0 Å². The van der Waals surface area contributed by atoms with E-state index in [0.717, 1.165) is 44.5 Å². The van der Waals surface area contributed by atoms with Crippen LogP contribution in [0.25, 0.3) is 0 Å². The predicted molar refractivity (Wildman–Crippen MR) is 116 cm³/mol. The lowest BCUT2D eigenvalue weighted by molar-refractivity contribution is -0.132. The van der Waals surface area contributed by atoms with Crippen LogP contribution in [0.4, 0.5) is 0 Å². The summed E-state index contributed by atoms with van der Waals surface area (Å²) in [4.78, 5) is 14.8. The van der Waals surface area contributed by atoms with Crippen LogP contribution in [0.3, 0.4) is 0 Å². The van der Waals surface area contributed by atoms with Crippen LogP contribution in [-0.4, -0.2) is 29.0 Å². The first-order valence-corrected chi connectivity index (χ1v) is 10.7. The van der Waals surface area contributed by atoms with Crippen molar-refractivity contribution in [2.45, 2.75) is 71.9 Å². The number of unbranched alkanes of at least 4 members (excludes halogenated alkanes) is 4. The number of nitrogens with zero attached hydrogens (tertiary/aromatic N) is 2. The second-order valence-corrected chi connectivity index (χ2v) is 7.46. The molecule has 0 fully saturated rings. The van der Waals surface area contributed by atoms with Gasteiger partial charge in [-0.25, -0.2) is 0 Å². The van der Waals surface area contributed by atoms with Crippen LogP contribution >= 0.6 is 0 Å². The number of rotatable bonds is 13. The lowest BCUT2D eigenvalue weighted by atomic mass is 10.1. The summed E-state index contributed by atoms with van der Waals surface area (Å²) < 4.78 is 7.57. The van der Waals surface area contributed by atoms with Crippen molar-refractivity contribution >= 4 is 5.91 Å². The monoisotopic (exact) mass is 384 g/mol. The first-order chi connectivity index (χ1) is 13.7. The summed E-state index contributed by atoms with van der Waals surface area (Å²) in [5.74, 6) is 1.16. The van der Waals surface area contributed by atoms with Gasteiger partial charge in [-0.1, -0.05) is 51.7 Å². The molecule has 0 aliphatic rings. The Morgan fingerprint density at radius 2 is 1.86 bits per heavy atom. The Hall–Kier alpha value is -2.23. The molecule has 0 spiro atoms. The van der Waals surface area contributed by atoms with Crippen LogP contribution in [0.5, 0.6) is 5.75 Å². The molecule has 0 saturated carbocycles. The number of aromatic nitrogens is 1. The molecule has 0 atom stereocenters. The maximum atomic E-state index is 12.8. The van der Waals surface area contributed by atoms with Crippen molar-refractivity contribution in [2.75, 3.05) is 13.7 Å². The molecule has 0 saturated heterocycles. The van der Waals surface area contributed by atoms with Crippen LogP contribution in [0, 0.1) is 0 Å². The van der Waals surface area contributed by atoms with E-state index in [9.17, 15) is 4.79 Å². The number of carbonyl (C=O) groups is 1. The van der Waals surface area contributed by atoms with E-state index in [0.29, 0.717) is 18.9 Å².